The van der Waals surface area contributed by atoms with Crippen LogP contribution in [0.3, 0.4) is 0 Å². The molecule has 6 heteroatoms. The van der Waals surface area contributed by atoms with Crippen molar-refractivity contribution in [3.63, 3.8) is 0 Å². The molecule has 0 aliphatic heterocycles. The van der Waals surface area contributed by atoms with Gasteiger partial charge in [-0.25, -0.2) is 9.59 Å². The molecule has 0 N–H and O–H groups in total. The van der Waals surface area contributed by atoms with Crippen molar-refractivity contribution in [1.29, 1.82) is 0 Å². The first-order valence-corrected chi connectivity index (χ1v) is 12.3. The molecule has 0 heterocycles. The molecule has 2 aromatic rings. The van der Waals surface area contributed by atoms with Gasteiger partial charge in [0.15, 0.2) is 0 Å². The summed E-state index contributed by atoms with van der Waals surface area (Å²) in [4.78, 5) is 23.5. The van der Waals surface area contributed by atoms with E-state index in [0.717, 1.165) is 32.1 Å². The summed E-state index contributed by atoms with van der Waals surface area (Å²) in [6, 6.07) is 15.1. The number of ether oxygens (including phenoxy) is 4. The van der Waals surface area contributed by atoms with Crippen molar-refractivity contribution < 1.29 is 28.5 Å². The Morgan fingerprint density at radius 1 is 0.750 bits per heavy atom. The first kappa shape index (κ1) is 29.0. The molecule has 36 heavy (non-hydrogen) atoms. The van der Waals surface area contributed by atoms with Crippen molar-refractivity contribution in [3.8, 4) is 11.1 Å². The van der Waals surface area contributed by atoms with Crippen LogP contribution in [-0.4, -0.2) is 52.6 Å². The van der Waals surface area contributed by atoms with Gasteiger partial charge in [0.25, 0.3) is 0 Å². The Balaban J connectivity index is 1.85. The third kappa shape index (κ3) is 9.44. The second kappa shape index (κ2) is 15.7. The second-order valence-electron chi connectivity index (χ2n) is 8.59. The van der Waals surface area contributed by atoms with Crippen LogP contribution in [-0.2, 0) is 47.8 Å². The summed E-state index contributed by atoms with van der Waals surface area (Å²) in [5, 5.41) is 0. The largest absolute Gasteiger partial charge is 0.462 e. The maximum Gasteiger partial charge on any atom is 0.335 e. The Hall–Kier alpha value is -3.22. The molecule has 0 unspecified atom stereocenters. The number of rotatable bonds is 16. The van der Waals surface area contributed by atoms with Crippen molar-refractivity contribution >= 4 is 11.9 Å². The minimum Gasteiger partial charge on any atom is -0.462 e. The van der Waals surface area contributed by atoms with Crippen molar-refractivity contribution in [1.82, 2.24) is 0 Å². The van der Waals surface area contributed by atoms with Gasteiger partial charge in [0, 0.05) is 14.2 Å². The first-order chi connectivity index (χ1) is 17.4. The smallest absolute Gasteiger partial charge is 0.335 e. The van der Waals surface area contributed by atoms with Crippen molar-refractivity contribution in [2.24, 2.45) is 0 Å². The molecule has 0 saturated heterocycles. The van der Waals surface area contributed by atoms with Crippen LogP contribution in [0, 0.1) is 0 Å². The second-order valence-corrected chi connectivity index (χ2v) is 8.59. The molecule has 6 nitrogen and oxygen atoms in total. The van der Waals surface area contributed by atoms with E-state index in [0.29, 0.717) is 24.4 Å². The Kier molecular flexibility index (Phi) is 12.7. The van der Waals surface area contributed by atoms with Crippen LogP contribution in [0.1, 0.15) is 36.5 Å². The number of hydrogen-bond acceptors (Lipinski definition) is 6. The zero-order valence-electron chi connectivity index (χ0n) is 21.8. The summed E-state index contributed by atoms with van der Waals surface area (Å²) in [5.74, 6) is -0.810. The molecule has 0 aliphatic rings. The monoisotopic (exact) mass is 494 g/mol. The van der Waals surface area contributed by atoms with Gasteiger partial charge < -0.3 is 18.9 Å². The van der Waals surface area contributed by atoms with Crippen LogP contribution in [0.2, 0.25) is 0 Å². The average molecular weight is 495 g/mol. The van der Waals surface area contributed by atoms with E-state index < -0.39 is 11.9 Å². The normalized spacial score (nSPS) is 10.6. The fourth-order valence-electron chi connectivity index (χ4n) is 3.78. The maximum absolute atomic E-state index is 11.8. The number of hydrogen-bond donors (Lipinski definition) is 0. The van der Waals surface area contributed by atoms with Gasteiger partial charge in [0.05, 0.1) is 37.6 Å². The molecule has 194 valence electrons. The molecular weight excluding hydrogens is 456 g/mol. The first-order valence-electron chi connectivity index (χ1n) is 12.3. The highest BCUT2D eigenvalue weighted by Crippen LogP contribution is 2.26. The molecule has 0 fully saturated rings. The highest BCUT2D eigenvalue weighted by molar-refractivity contribution is 5.88. The molecule has 0 spiro atoms. The van der Waals surface area contributed by atoms with Crippen LogP contribution in [0.5, 0.6) is 0 Å². The third-order valence-corrected chi connectivity index (χ3v) is 5.72. The minimum absolute atomic E-state index is 0.183. The van der Waals surface area contributed by atoms with Crippen LogP contribution < -0.4 is 0 Å². The number of benzene rings is 2. The van der Waals surface area contributed by atoms with Gasteiger partial charge in [-0.1, -0.05) is 62.5 Å². The van der Waals surface area contributed by atoms with Gasteiger partial charge in [0.1, 0.15) is 0 Å². The van der Waals surface area contributed by atoms with Crippen LogP contribution in [0.4, 0.5) is 0 Å². The molecule has 0 atom stereocenters. The molecule has 0 aliphatic carbocycles. The van der Waals surface area contributed by atoms with E-state index in [1.165, 1.54) is 42.0 Å². The predicted molar refractivity (Wildman–Crippen MR) is 142 cm³/mol. The van der Waals surface area contributed by atoms with Gasteiger partial charge in [-0.05, 0) is 59.9 Å². The quantitative estimate of drug-likeness (QED) is 0.180. The Morgan fingerprint density at radius 2 is 1.25 bits per heavy atom. The van der Waals surface area contributed by atoms with Crippen molar-refractivity contribution in [2.75, 3.05) is 40.6 Å². The lowest BCUT2D eigenvalue weighted by molar-refractivity contribution is -0.140. The lowest BCUT2D eigenvalue weighted by atomic mass is 9.94. The van der Waals surface area contributed by atoms with Gasteiger partial charge in [-0.15, -0.1) is 0 Å². The summed E-state index contributed by atoms with van der Waals surface area (Å²) in [5.41, 5.74) is 6.76. The molecule has 0 aromatic heterocycles. The highest BCUT2D eigenvalue weighted by atomic mass is 16.5. The van der Waals surface area contributed by atoms with E-state index in [1.54, 1.807) is 0 Å². The molecular formula is C30H38O6. The molecule has 2 rings (SSSR count). The minimum atomic E-state index is -0.406. The Bertz CT molecular complexity index is 1020. The third-order valence-electron chi connectivity index (χ3n) is 5.72. The van der Waals surface area contributed by atoms with E-state index in [4.69, 9.17) is 18.9 Å². The maximum atomic E-state index is 11.8. The van der Waals surface area contributed by atoms with Gasteiger partial charge in [0.2, 0.25) is 0 Å². The lowest BCUT2D eigenvalue weighted by Gasteiger charge is -2.12. The summed E-state index contributed by atoms with van der Waals surface area (Å²) in [6.07, 6.45) is 4.08. The van der Waals surface area contributed by atoms with Crippen LogP contribution in [0.15, 0.2) is 66.8 Å². The SMILES string of the molecule is C=C(COC)C(=O)OCCCc1ccc(-c2ccc(CCCOC(=O)C(=C)COC)cc2CC)cc1. The topological polar surface area (TPSA) is 71.1 Å². The van der Waals surface area contributed by atoms with E-state index in [2.05, 4.69) is 62.5 Å². The Morgan fingerprint density at radius 3 is 1.75 bits per heavy atom. The van der Waals surface area contributed by atoms with E-state index in [9.17, 15) is 9.59 Å². The standard InChI is InChI=1S/C30H38O6/c1-6-26-19-25(10-8-18-36-30(32)23(3)21-34-5)13-16-28(26)27-14-11-24(12-15-27)9-7-17-35-29(31)22(2)20-33-4/h11-16,19H,2-3,6-10,17-18,20-21H2,1,4-5H3. The summed E-state index contributed by atoms with van der Waals surface area (Å²) in [7, 11) is 3.04. The summed E-state index contributed by atoms with van der Waals surface area (Å²) >= 11 is 0. The number of esters is 2. The van der Waals surface area contributed by atoms with Crippen molar-refractivity contribution in [2.45, 2.75) is 39.0 Å². The average Bonchev–Trinajstić information content (AvgIpc) is 2.89. The number of carbonyl (C=O) groups excluding carboxylic acids is 2. The molecule has 0 saturated carbocycles. The number of carbonyl (C=O) groups is 2. The molecule has 2 aromatic carbocycles. The highest BCUT2D eigenvalue weighted by Gasteiger charge is 2.10. The van der Waals surface area contributed by atoms with E-state index in [1.807, 2.05) is 0 Å². The summed E-state index contributed by atoms with van der Waals surface area (Å²) in [6.45, 7) is 10.5. The number of aryl methyl sites for hydroxylation is 3. The number of methoxy groups -OCH3 is 2. The fourth-order valence-corrected chi connectivity index (χ4v) is 3.78. The van der Waals surface area contributed by atoms with Crippen LogP contribution >= 0.6 is 0 Å². The summed E-state index contributed by atoms with van der Waals surface area (Å²) < 4.78 is 20.3. The van der Waals surface area contributed by atoms with Gasteiger partial charge in [-0.3, -0.25) is 0 Å². The van der Waals surface area contributed by atoms with Gasteiger partial charge in [-0.2, -0.15) is 0 Å². The fraction of sp³-hybridized carbons (Fsp3) is 0.400. The predicted octanol–water partition coefficient (Wildman–Crippen LogP) is 5.27. The molecule has 0 radical (unpaired) electrons. The van der Waals surface area contributed by atoms with Gasteiger partial charge >= 0.3 is 11.9 Å². The van der Waals surface area contributed by atoms with Crippen molar-refractivity contribution in [3.05, 3.63) is 83.5 Å². The molecule has 0 bridgehead atoms. The van der Waals surface area contributed by atoms with E-state index in [-0.39, 0.29) is 13.2 Å². The lowest BCUT2D eigenvalue weighted by Crippen LogP contribution is -2.12. The zero-order valence-corrected chi connectivity index (χ0v) is 21.8. The Labute approximate surface area is 214 Å². The van der Waals surface area contributed by atoms with E-state index >= 15 is 0 Å². The zero-order chi connectivity index (χ0) is 26.3. The molecule has 0 amide bonds. The van der Waals surface area contributed by atoms with Crippen LogP contribution in [0.25, 0.3) is 11.1 Å².